The zero-order valence-corrected chi connectivity index (χ0v) is 16.1. The molecule has 2 aliphatic heterocycles. The first-order valence-corrected chi connectivity index (χ1v) is 10.5. The number of hydrogen-bond acceptors (Lipinski definition) is 4. The van der Waals surface area contributed by atoms with E-state index in [1.807, 2.05) is 17.5 Å². The van der Waals surface area contributed by atoms with Crippen molar-refractivity contribution < 1.29 is 4.74 Å². The SMILES string of the molecule is CCc1cc2c(s1)CCOC21CCN(Cc2ccc3[nH]ncc3c2)CC1. The van der Waals surface area contributed by atoms with Gasteiger partial charge in [0.25, 0.3) is 0 Å². The third-order valence-electron chi connectivity index (χ3n) is 5.98. The lowest BCUT2D eigenvalue weighted by Crippen LogP contribution is -2.45. The van der Waals surface area contributed by atoms with Crippen LogP contribution in [-0.2, 0) is 29.7 Å². The summed E-state index contributed by atoms with van der Waals surface area (Å²) in [6.45, 7) is 6.34. The molecule has 0 radical (unpaired) electrons. The van der Waals surface area contributed by atoms with Crippen LogP contribution in [0.25, 0.3) is 10.9 Å². The predicted octanol–water partition coefficient (Wildman–Crippen LogP) is 4.25. The van der Waals surface area contributed by atoms with Crippen molar-refractivity contribution in [2.24, 2.45) is 0 Å². The van der Waals surface area contributed by atoms with Crippen LogP contribution in [0.1, 0.15) is 40.6 Å². The summed E-state index contributed by atoms with van der Waals surface area (Å²) in [7, 11) is 0. The fourth-order valence-electron chi connectivity index (χ4n) is 4.48. The number of likely N-dealkylation sites (tertiary alicyclic amines) is 1. The molecular weight excluding hydrogens is 342 g/mol. The molecule has 4 nitrogen and oxygen atoms in total. The first-order valence-electron chi connectivity index (χ1n) is 9.66. The number of benzene rings is 1. The van der Waals surface area contributed by atoms with Gasteiger partial charge in [-0.25, -0.2) is 0 Å². The van der Waals surface area contributed by atoms with Gasteiger partial charge in [0.2, 0.25) is 0 Å². The molecule has 3 aromatic rings. The maximum Gasteiger partial charge on any atom is 0.0966 e. The van der Waals surface area contributed by atoms with E-state index in [-0.39, 0.29) is 5.60 Å². The Balaban J connectivity index is 1.31. The van der Waals surface area contributed by atoms with Crippen LogP contribution in [0.2, 0.25) is 0 Å². The van der Waals surface area contributed by atoms with Gasteiger partial charge in [-0.3, -0.25) is 10.00 Å². The monoisotopic (exact) mass is 367 g/mol. The smallest absolute Gasteiger partial charge is 0.0966 e. The van der Waals surface area contributed by atoms with Gasteiger partial charge in [-0.1, -0.05) is 13.0 Å². The highest BCUT2D eigenvalue weighted by molar-refractivity contribution is 7.12. The number of ether oxygens (including phenoxy) is 1. The highest BCUT2D eigenvalue weighted by atomic mass is 32.1. The number of thiophene rings is 1. The Hall–Kier alpha value is -1.69. The van der Waals surface area contributed by atoms with E-state index >= 15 is 0 Å². The Labute approximate surface area is 158 Å². The molecular formula is C21H25N3OS. The Kier molecular flexibility index (Phi) is 4.11. The van der Waals surface area contributed by atoms with Gasteiger partial charge in [0, 0.05) is 41.2 Å². The highest BCUT2D eigenvalue weighted by Gasteiger charge is 2.41. The van der Waals surface area contributed by atoms with E-state index in [4.69, 9.17) is 4.74 Å². The number of rotatable bonds is 3. The molecule has 4 heterocycles. The largest absolute Gasteiger partial charge is 0.370 e. The van der Waals surface area contributed by atoms with Crippen molar-refractivity contribution in [3.8, 4) is 0 Å². The summed E-state index contributed by atoms with van der Waals surface area (Å²) in [5, 5.41) is 8.34. The van der Waals surface area contributed by atoms with Gasteiger partial charge in [0.1, 0.15) is 0 Å². The van der Waals surface area contributed by atoms with Crippen molar-refractivity contribution in [3.63, 3.8) is 0 Å². The molecule has 26 heavy (non-hydrogen) atoms. The molecule has 2 aromatic heterocycles. The number of fused-ring (bicyclic) bond motifs is 3. The topological polar surface area (TPSA) is 41.1 Å². The molecule has 1 N–H and O–H groups in total. The number of aromatic amines is 1. The molecule has 1 saturated heterocycles. The molecule has 0 bridgehead atoms. The quantitative estimate of drug-likeness (QED) is 0.752. The molecule has 2 aliphatic rings. The highest BCUT2D eigenvalue weighted by Crippen LogP contribution is 2.44. The lowest BCUT2D eigenvalue weighted by Gasteiger charge is -2.44. The minimum atomic E-state index is -0.0253. The minimum Gasteiger partial charge on any atom is -0.370 e. The van der Waals surface area contributed by atoms with Crippen LogP contribution < -0.4 is 0 Å². The van der Waals surface area contributed by atoms with Crippen LogP contribution in [-0.4, -0.2) is 34.8 Å². The molecule has 5 heteroatoms. The maximum atomic E-state index is 6.40. The van der Waals surface area contributed by atoms with Gasteiger partial charge in [0.05, 0.1) is 23.9 Å². The Bertz CT molecular complexity index is 920. The zero-order chi connectivity index (χ0) is 17.6. The second-order valence-corrected chi connectivity index (χ2v) is 8.78. The summed E-state index contributed by atoms with van der Waals surface area (Å²) in [6, 6.07) is 9.04. The van der Waals surface area contributed by atoms with Crippen LogP contribution in [0.4, 0.5) is 0 Å². The Morgan fingerprint density at radius 3 is 3.00 bits per heavy atom. The van der Waals surface area contributed by atoms with Crippen molar-refractivity contribution in [1.29, 1.82) is 0 Å². The van der Waals surface area contributed by atoms with Crippen molar-refractivity contribution in [1.82, 2.24) is 15.1 Å². The first-order chi connectivity index (χ1) is 12.8. The fraction of sp³-hybridized carbons (Fsp3) is 0.476. The van der Waals surface area contributed by atoms with E-state index < -0.39 is 0 Å². The number of aryl methyl sites for hydroxylation is 1. The predicted molar refractivity (Wildman–Crippen MR) is 106 cm³/mol. The van der Waals surface area contributed by atoms with E-state index in [0.29, 0.717) is 0 Å². The van der Waals surface area contributed by atoms with Gasteiger partial charge in [0.15, 0.2) is 0 Å². The molecule has 1 spiro atoms. The normalized spacial score (nSPS) is 19.9. The first kappa shape index (κ1) is 16.5. The van der Waals surface area contributed by atoms with E-state index in [2.05, 4.69) is 46.3 Å². The van der Waals surface area contributed by atoms with Gasteiger partial charge in [-0.15, -0.1) is 11.3 Å². The van der Waals surface area contributed by atoms with Crippen molar-refractivity contribution in [2.45, 2.75) is 44.8 Å². The lowest BCUT2D eigenvalue weighted by atomic mass is 9.82. The van der Waals surface area contributed by atoms with Gasteiger partial charge < -0.3 is 4.74 Å². The third kappa shape index (κ3) is 2.79. The maximum absolute atomic E-state index is 6.40. The van der Waals surface area contributed by atoms with Crippen molar-refractivity contribution in [2.75, 3.05) is 19.7 Å². The molecule has 0 amide bonds. The summed E-state index contributed by atoms with van der Waals surface area (Å²) in [6.07, 6.45) is 6.34. The summed E-state index contributed by atoms with van der Waals surface area (Å²) < 4.78 is 6.40. The number of hydrogen-bond donors (Lipinski definition) is 1. The van der Waals surface area contributed by atoms with E-state index in [1.54, 1.807) is 4.88 Å². The van der Waals surface area contributed by atoms with Crippen LogP contribution >= 0.6 is 11.3 Å². The van der Waals surface area contributed by atoms with Crippen molar-refractivity contribution >= 4 is 22.2 Å². The number of aromatic nitrogens is 2. The van der Waals surface area contributed by atoms with Crippen LogP contribution in [0.5, 0.6) is 0 Å². The number of nitrogens with one attached hydrogen (secondary N) is 1. The van der Waals surface area contributed by atoms with E-state index in [0.717, 1.165) is 57.4 Å². The molecule has 5 rings (SSSR count). The molecule has 136 valence electrons. The lowest BCUT2D eigenvalue weighted by molar-refractivity contribution is -0.0980. The third-order valence-corrected chi connectivity index (χ3v) is 7.32. The molecule has 0 saturated carbocycles. The van der Waals surface area contributed by atoms with Gasteiger partial charge in [-0.2, -0.15) is 5.10 Å². The second-order valence-electron chi connectivity index (χ2n) is 7.56. The fourth-order valence-corrected chi connectivity index (χ4v) is 5.66. The molecule has 1 fully saturated rings. The number of H-pyrrole nitrogens is 1. The Morgan fingerprint density at radius 2 is 2.15 bits per heavy atom. The number of nitrogens with zero attached hydrogens (tertiary/aromatic N) is 2. The van der Waals surface area contributed by atoms with E-state index in [1.165, 1.54) is 21.4 Å². The summed E-state index contributed by atoms with van der Waals surface area (Å²) in [5.74, 6) is 0. The van der Waals surface area contributed by atoms with Crippen molar-refractivity contribution in [3.05, 3.63) is 51.3 Å². The van der Waals surface area contributed by atoms with Gasteiger partial charge in [-0.05, 0) is 48.6 Å². The van der Waals surface area contributed by atoms with Gasteiger partial charge >= 0.3 is 0 Å². The molecule has 0 aliphatic carbocycles. The summed E-state index contributed by atoms with van der Waals surface area (Å²) in [5.41, 5.74) is 3.95. The average Bonchev–Trinajstić information content (AvgIpc) is 3.30. The van der Waals surface area contributed by atoms with Crippen LogP contribution in [0, 0.1) is 0 Å². The molecule has 1 aromatic carbocycles. The minimum absolute atomic E-state index is 0.0253. The summed E-state index contributed by atoms with van der Waals surface area (Å²) in [4.78, 5) is 5.65. The average molecular weight is 368 g/mol. The zero-order valence-electron chi connectivity index (χ0n) is 15.3. The second kappa shape index (κ2) is 6.48. The number of piperidine rings is 1. The summed E-state index contributed by atoms with van der Waals surface area (Å²) >= 11 is 2.01. The Morgan fingerprint density at radius 1 is 1.27 bits per heavy atom. The molecule has 0 atom stereocenters. The van der Waals surface area contributed by atoms with Crippen LogP contribution in [0.3, 0.4) is 0 Å². The standard InChI is InChI=1S/C21H25N3OS/c1-2-17-12-18-20(26-17)5-10-25-21(18)6-8-24(9-7-21)14-15-3-4-19-16(11-15)13-22-23-19/h3-4,11-13H,2,5-10,14H2,1H3,(H,22,23). The van der Waals surface area contributed by atoms with E-state index in [9.17, 15) is 0 Å². The molecule has 0 unspecified atom stereocenters. The van der Waals surface area contributed by atoms with Crippen LogP contribution in [0.15, 0.2) is 30.5 Å².